The van der Waals surface area contributed by atoms with Crippen LogP contribution in [0.3, 0.4) is 0 Å². The standard InChI is InChI=1S/C10H10N4O/c11-10-13-6-4-9(15)14(10)7-8-3-1-2-5-12-8/h1-6H,7H2,(H2,11,13). The normalized spacial score (nSPS) is 10.1. The average Bonchev–Trinajstić information content (AvgIpc) is 2.25. The molecule has 15 heavy (non-hydrogen) atoms. The Morgan fingerprint density at radius 3 is 2.73 bits per heavy atom. The average molecular weight is 202 g/mol. The molecule has 0 amide bonds. The molecule has 2 aromatic heterocycles. The van der Waals surface area contributed by atoms with Crippen molar-refractivity contribution in [2.45, 2.75) is 6.54 Å². The van der Waals surface area contributed by atoms with E-state index in [0.717, 1.165) is 5.69 Å². The number of rotatable bonds is 2. The van der Waals surface area contributed by atoms with E-state index in [0.29, 0.717) is 6.54 Å². The van der Waals surface area contributed by atoms with Crippen LogP contribution in [0.4, 0.5) is 5.95 Å². The van der Waals surface area contributed by atoms with Crippen molar-refractivity contribution in [3.63, 3.8) is 0 Å². The lowest BCUT2D eigenvalue weighted by Crippen LogP contribution is -2.23. The molecule has 0 atom stereocenters. The molecule has 0 radical (unpaired) electrons. The summed E-state index contributed by atoms with van der Waals surface area (Å²) in [5.41, 5.74) is 6.20. The lowest BCUT2D eigenvalue weighted by molar-refractivity contribution is 0.733. The summed E-state index contributed by atoms with van der Waals surface area (Å²) in [6.45, 7) is 0.347. The summed E-state index contributed by atoms with van der Waals surface area (Å²) in [6, 6.07) is 6.89. The zero-order valence-corrected chi connectivity index (χ0v) is 8.00. The molecule has 0 saturated heterocycles. The maximum absolute atomic E-state index is 11.5. The van der Waals surface area contributed by atoms with Crippen LogP contribution in [0.5, 0.6) is 0 Å². The monoisotopic (exact) mass is 202 g/mol. The van der Waals surface area contributed by atoms with Crippen molar-refractivity contribution in [3.05, 3.63) is 52.7 Å². The van der Waals surface area contributed by atoms with Gasteiger partial charge < -0.3 is 5.73 Å². The molecule has 0 spiro atoms. The first-order valence-electron chi connectivity index (χ1n) is 4.48. The number of anilines is 1. The number of hydrogen-bond donors (Lipinski definition) is 1. The van der Waals surface area contributed by atoms with Crippen LogP contribution in [0.1, 0.15) is 5.69 Å². The van der Waals surface area contributed by atoms with Crippen LogP contribution >= 0.6 is 0 Å². The topological polar surface area (TPSA) is 73.8 Å². The van der Waals surface area contributed by atoms with Crippen LogP contribution in [0.25, 0.3) is 0 Å². The summed E-state index contributed by atoms with van der Waals surface area (Å²) in [7, 11) is 0. The summed E-state index contributed by atoms with van der Waals surface area (Å²) < 4.78 is 1.38. The summed E-state index contributed by atoms with van der Waals surface area (Å²) >= 11 is 0. The van der Waals surface area contributed by atoms with Crippen molar-refractivity contribution < 1.29 is 0 Å². The molecular formula is C10H10N4O. The maximum atomic E-state index is 11.5. The van der Waals surface area contributed by atoms with Gasteiger partial charge in [0.05, 0.1) is 12.2 Å². The van der Waals surface area contributed by atoms with Crippen LogP contribution in [-0.2, 0) is 6.54 Å². The molecule has 0 aliphatic rings. The smallest absolute Gasteiger partial charge is 0.255 e. The Balaban J connectivity index is 2.37. The van der Waals surface area contributed by atoms with Crippen LogP contribution in [-0.4, -0.2) is 14.5 Å². The Kier molecular flexibility index (Phi) is 2.45. The summed E-state index contributed by atoms with van der Waals surface area (Å²) in [5, 5.41) is 0. The van der Waals surface area contributed by atoms with Gasteiger partial charge in [-0.05, 0) is 12.1 Å². The van der Waals surface area contributed by atoms with Gasteiger partial charge in [-0.15, -0.1) is 0 Å². The van der Waals surface area contributed by atoms with Gasteiger partial charge in [-0.1, -0.05) is 6.07 Å². The summed E-state index contributed by atoms with van der Waals surface area (Å²) in [6.07, 6.45) is 3.07. The first-order valence-corrected chi connectivity index (χ1v) is 4.48. The molecule has 0 bridgehead atoms. The van der Waals surface area contributed by atoms with Crippen molar-refractivity contribution >= 4 is 5.95 Å². The first kappa shape index (κ1) is 9.39. The molecule has 0 aliphatic carbocycles. The van der Waals surface area contributed by atoms with Gasteiger partial charge in [0.25, 0.3) is 5.56 Å². The van der Waals surface area contributed by atoms with Gasteiger partial charge >= 0.3 is 0 Å². The largest absolute Gasteiger partial charge is 0.369 e. The zero-order valence-electron chi connectivity index (χ0n) is 8.00. The van der Waals surface area contributed by atoms with Gasteiger partial charge in [0, 0.05) is 18.5 Å². The van der Waals surface area contributed by atoms with Crippen LogP contribution in [0, 0.1) is 0 Å². The van der Waals surface area contributed by atoms with Gasteiger partial charge in [0.15, 0.2) is 0 Å². The Hall–Kier alpha value is -2.17. The fourth-order valence-electron chi connectivity index (χ4n) is 1.26. The molecule has 0 aliphatic heterocycles. The summed E-state index contributed by atoms with van der Waals surface area (Å²) in [4.78, 5) is 19.4. The highest BCUT2D eigenvalue weighted by Gasteiger charge is 2.02. The molecule has 0 aromatic carbocycles. The highest BCUT2D eigenvalue weighted by atomic mass is 16.1. The third kappa shape index (κ3) is 2.01. The van der Waals surface area contributed by atoms with E-state index in [2.05, 4.69) is 9.97 Å². The second-order valence-corrected chi connectivity index (χ2v) is 3.05. The second-order valence-electron chi connectivity index (χ2n) is 3.05. The molecule has 5 heteroatoms. The Bertz CT molecular complexity index is 506. The molecule has 0 saturated carbocycles. The van der Waals surface area contributed by atoms with Gasteiger partial charge in [0.1, 0.15) is 0 Å². The molecule has 2 N–H and O–H groups in total. The number of aromatic nitrogens is 3. The van der Waals surface area contributed by atoms with Crippen molar-refractivity contribution in [3.8, 4) is 0 Å². The maximum Gasteiger partial charge on any atom is 0.255 e. The van der Waals surface area contributed by atoms with E-state index in [4.69, 9.17) is 5.73 Å². The fraction of sp³-hybridized carbons (Fsp3) is 0.100. The minimum atomic E-state index is -0.173. The Morgan fingerprint density at radius 1 is 1.20 bits per heavy atom. The van der Waals surface area contributed by atoms with Gasteiger partial charge in [-0.2, -0.15) is 0 Å². The predicted molar refractivity (Wildman–Crippen MR) is 56.2 cm³/mol. The van der Waals surface area contributed by atoms with Crippen LogP contribution < -0.4 is 11.3 Å². The van der Waals surface area contributed by atoms with E-state index < -0.39 is 0 Å². The van der Waals surface area contributed by atoms with E-state index in [-0.39, 0.29) is 11.5 Å². The molecule has 2 aromatic rings. The highest BCUT2D eigenvalue weighted by molar-refractivity contribution is 5.18. The predicted octanol–water partition coefficient (Wildman–Crippen LogP) is 0.269. The molecule has 0 unspecified atom stereocenters. The number of pyridine rings is 1. The first-order chi connectivity index (χ1) is 7.27. The number of nitrogens with two attached hydrogens (primary N) is 1. The lowest BCUT2D eigenvalue weighted by Gasteiger charge is -2.06. The van der Waals surface area contributed by atoms with Crippen molar-refractivity contribution in [2.75, 3.05) is 5.73 Å². The minimum absolute atomic E-state index is 0.173. The molecule has 5 nitrogen and oxygen atoms in total. The molecule has 2 heterocycles. The molecular weight excluding hydrogens is 192 g/mol. The quantitative estimate of drug-likeness (QED) is 0.758. The van der Waals surface area contributed by atoms with E-state index in [1.54, 1.807) is 6.20 Å². The van der Waals surface area contributed by atoms with Crippen LogP contribution in [0.15, 0.2) is 41.5 Å². The zero-order chi connectivity index (χ0) is 10.7. The van der Waals surface area contributed by atoms with E-state index in [9.17, 15) is 4.79 Å². The number of hydrogen-bond acceptors (Lipinski definition) is 4. The van der Waals surface area contributed by atoms with E-state index in [1.807, 2.05) is 18.2 Å². The highest BCUT2D eigenvalue weighted by Crippen LogP contribution is 1.99. The van der Waals surface area contributed by atoms with Crippen molar-refractivity contribution in [1.29, 1.82) is 0 Å². The van der Waals surface area contributed by atoms with Gasteiger partial charge in [-0.3, -0.25) is 14.3 Å². The number of nitrogens with zero attached hydrogens (tertiary/aromatic N) is 3. The Labute approximate surface area is 86.2 Å². The lowest BCUT2D eigenvalue weighted by atomic mass is 10.3. The van der Waals surface area contributed by atoms with Gasteiger partial charge in [-0.25, -0.2) is 4.98 Å². The van der Waals surface area contributed by atoms with E-state index >= 15 is 0 Å². The fourth-order valence-corrected chi connectivity index (χ4v) is 1.26. The van der Waals surface area contributed by atoms with Crippen LogP contribution in [0.2, 0.25) is 0 Å². The van der Waals surface area contributed by atoms with Crippen molar-refractivity contribution in [2.24, 2.45) is 0 Å². The molecule has 2 rings (SSSR count). The van der Waals surface area contributed by atoms with Gasteiger partial charge in [0.2, 0.25) is 5.95 Å². The second kappa shape index (κ2) is 3.91. The Morgan fingerprint density at radius 2 is 2.07 bits per heavy atom. The molecule has 76 valence electrons. The van der Waals surface area contributed by atoms with Crippen molar-refractivity contribution in [1.82, 2.24) is 14.5 Å². The minimum Gasteiger partial charge on any atom is -0.369 e. The van der Waals surface area contributed by atoms with E-state index in [1.165, 1.54) is 16.8 Å². The number of nitrogen functional groups attached to an aromatic ring is 1. The molecule has 0 fully saturated rings. The summed E-state index contributed by atoms with van der Waals surface area (Å²) in [5.74, 6) is 0.202. The third-order valence-electron chi connectivity index (χ3n) is 2.01. The third-order valence-corrected chi connectivity index (χ3v) is 2.01. The SMILES string of the molecule is Nc1nccc(=O)n1Cc1ccccn1.